The van der Waals surface area contributed by atoms with Crippen molar-refractivity contribution in [1.82, 2.24) is 15.3 Å². The Morgan fingerprint density at radius 3 is 2.90 bits per heavy atom. The van der Waals surface area contributed by atoms with Crippen LogP contribution in [0.1, 0.15) is 16.1 Å². The Kier molecular flexibility index (Phi) is 4.86. The van der Waals surface area contributed by atoms with Crippen molar-refractivity contribution < 1.29 is 4.79 Å². The monoisotopic (exact) mass is 291 g/mol. The Morgan fingerprint density at radius 1 is 1.35 bits per heavy atom. The molecule has 6 nitrogen and oxygen atoms in total. The molecule has 1 amide bonds. The highest BCUT2D eigenvalue weighted by molar-refractivity contribution is 6.29. The molecule has 0 aliphatic carbocycles. The number of carbonyl (C=O) groups excluding carboxylic acids is 1. The summed E-state index contributed by atoms with van der Waals surface area (Å²) in [5.74, 6) is 5.36. The highest BCUT2D eigenvalue weighted by atomic mass is 35.5. The molecule has 0 aromatic carbocycles. The lowest BCUT2D eigenvalue weighted by atomic mass is 10.2. The topological polar surface area (TPSA) is 92.9 Å². The van der Waals surface area contributed by atoms with Crippen LogP contribution in [0.15, 0.2) is 36.5 Å². The van der Waals surface area contributed by atoms with Gasteiger partial charge in [-0.05, 0) is 24.3 Å². The van der Waals surface area contributed by atoms with Crippen LogP contribution in [0.3, 0.4) is 0 Å². The maximum atomic E-state index is 12.0. The summed E-state index contributed by atoms with van der Waals surface area (Å²) in [5, 5.41) is 3.00. The molecule has 0 bridgehead atoms. The van der Waals surface area contributed by atoms with Crippen LogP contribution in [-0.4, -0.2) is 22.4 Å². The Bertz CT molecular complexity index is 591. The minimum atomic E-state index is -0.235. The fourth-order valence-electron chi connectivity index (χ4n) is 1.65. The fraction of sp³-hybridized carbons (Fsp3) is 0.154. The third kappa shape index (κ3) is 3.91. The second-order valence-corrected chi connectivity index (χ2v) is 4.42. The van der Waals surface area contributed by atoms with Crippen molar-refractivity contribution in [2.24, 2.45) is 5.84 Å². The number of carbonyl (C=O) groups is 1. The third-order valence-corrected chi connectivity index (χ3v) is 2.79. The molecule has 0 saturated carbocycles. The second kappa shape index (κ2) is 6.83. The van der Waals surface area contributed by atoms with Crippen molar-refractivity contribution >= 4 is 23.3 Å². The van der Waals surface area contributed by atoms with Gasteiger partial charge in [0.1, 0.15) is 11.0 Å². The molecule has 104 valence electrons. The highest BCUT2D eigenvalue weighted by Crippen LogP contribution is 2.13. The first-order valence-electron chi connectivity index (χ1n) is 6.01. The molecule has 0 fully saturated rings. The molecule has 2 aromatic heterocycles. The lowest BCUT2D eigenvalue weighted by Crippen LogP contribution is -2.26. The number of nitrogens with zero attached hydrogens (tertiary/aromatic N) is 2. The van der Waals surface area contributed by atoms with Gasteiger partial charge >= 0.3 is 0 Å². The van der Waals surface area contributed by atoms with Crippen LogP contribution < -0.4 is 16.6 Å². The minimum absolute atomic E-state index is 0.204. The molecule has 7 heteroatoms. The number of hydrogen-bond donors (Lipinski definition) is 3. The molecule has 0 spiro atoms. The Labute approximate surface area is 121 Å². The Balaban J connectivity index is 1.93. The molecule has 2 aromatic rings. The van der Waals surface area contributed by atoms with E-state index < -0.39 is 0 Å². The molecule has 0 saturated heterocycles. The molecular weight excluding hydrogens is 278 g/mol. The number of rotatable bonds is 5. The van der Waals surface area contributed by atoms with Gasteiger partial charge < -0.3 is 10.7 Å². The van der Waals surface area contributed by atoms with Crippen LogP contribution in [-0.2, 0) is 6.42 Å². The van der Waals surface area contributed by atoms with E-state index >= 15 is 0 Å². The zero-order valence-electron chi connectivity index (χ0n) is 10.6. The van der Waals surface area contributed by atoms with E-state index in [1.54, 1.807) is 6.20 Å². The standard InChI is InChI=1S/C13H14ClN5O/c14-11-7-9(8-12(18-11)19-15)13(20)17-6-4-10-3-1-2-5-16-10/h1-3,5,7-8H,4,6,15H2,(H,17,20)(H,18,19). The van der Waals surface area contributed by atoms with Gasteiger partial charge in [0.2, 0.25) is 0 Å². The average Bonchev–Trinajstić information content (AvgIpc) is 2.47. The number of halogens is 1. The fourth-order valence-corrected chi connectivity index (χ4v) is 1.86. The Morgan fingerprint density at radius 2 is 2.20 bits per heavy atom. The smallest absolute Gasteiger partial charge is 0.251 e. The highest BCUT2D eigenvalue weighted by Gasteiger charge is 2.08. The molecule has 4 N–H and O–H groups in total. The number of nitrogens with two attached hydrogens (primary N) is 1. The summed E-state index contributed by atoms with van der Waals surface area (Å²) in [6.45, 7) is 0.487. The van der Waals surface area contributed by atoms with Gasteiger partial charge in [0.25, 0.3) is 5.91 Å². The first kappa shape index (κ1) is 14.2. The zero-order chi connectivity index (χ0) is 14.4. The summed E-state index contributed by atoms with van der Waals surface area (Å²) in [7, 11) is 0. The molecule has 20 heavy (non-hydrogen) atoms. The van der Waals surface area contributed by atoms with Crippen LogP contribution in [0, 0.1) is 0 Å². The molecule has 0 unspecified atom stereocenters. The maximum absolute atomic E-state index is 12.0. The van der Waals surface area contributed by atoms with E-state index in [1.807, 2.05) is 18.2 Å². The molecular formula is C13H14ClN5O. The van der Waals surface area contributed by atoms with Crippen molar-refractivity contribution in [3.63, 3.8) is 0 Å². The molecule has 2 heterocycles. The van der Waals surface area contributed by atoms with E-state index in [-0.39, 0.29) is 11.1 Å². The molecule has 0 aliphatic rings. The van der Waals surface area contributed by atoms with E-state index in [1.165, 1.54) is 12.1 Å². The van der Waals surface area contributed by atoms with Gasteiger partial charge in [-0.25, -0.2) is 10.8 Å². The molecule has 0 atom stereocenters. The lowest BCUT2D eigenvalue weighted by molar-refractivity contribution is 0.0954. The predicted molar refractivity (Wildman–Crippen MR) is 77.3 cm³/mol. The van der Waals surface area contributed by atoms with E-state index in [2.05, 4.69) is 20.7 Å². The zero-order valence-corrected chi connectivity index (χ0v) is 11.4. The summed E-state index contributed by atoms with van der Waals surface area (Å²) < 4.78 is 0. The van der Waals surface area contributed by atoms with E-state index in [4.69, 9.17) is 17.4 Å². The van der Waals surface area contributed by atoms with Gasteiger partial charge in [0.05, 0.1) is 0 Å². The number of hydrazine groups is 1. The van der Waals surface area contributed by atoms with Crippen LogP contribution in [0.2, 0.25) is 5.15 Å². The van der Waals surface area contributed by atoms with Crippen molar-refractivity contribution in [1.29, 1.82) is 0 Å². The average molecular weight is 292 g/mol. The number of hydrogen-bond acceptors (Lipinski definition) is 5. The summed E-state index contributed by atoms with van der Waals surface area (Å²) in [6, 6.07) is 8.68. The van der Waals surface area contributed by atoms with Gasteiger partial charge in [-0.3, -0.25) is 9.78 Å². The number of nitrogen functional groups attached to an aromatic ring is 1. The quantitative estimate of drug-likeness (QED) is 0.440. The predicted octanol–water partition coefficient (Wildman–Crippen LogP) is 1.39. The van der Waals surface area contributed by atoms with Crippen LogP contribution in [0.25, 0.3) is 0 Å². The van der Waals surface area contributed by atoms with Crippen molar-refractivity contribution in [2.75, 3.05) is 12.0 Å². The first-order valence-corrected chi connectivity index (χ1v) is 6.39. The van der Waals surface area contributed by atoms with Crippen molar-refractivity contribution in [2.45, 2.75) is 6.42 Å². The molecule has 0 aliphatic heterocycles. The largest absolute Gasteiger partial charge is 0.352 e. The lowest BCUT2D eigenvalue weighted by Gasteiger charge is -2.07. The van der Waals surface area contributed by atoms with E-state index in [0.29, 0.717) is 24.3 Å². The van der Waals surface area contributed by atoms with Crippen LogP contribution in [0.5, 0.6) is 0 Å². The van der Waals surface area contributed by atoms with Gasteiger partial charge in [-0.1, -0.05) is 17.7 Å². The summed E-state index contributed by atoms with van der Waals surface area (Å²) in [5.41, 5.74) is 3.68. The van der Waals surface area contributed by atoms with Gasteiger partial charge in [0.15, 0.2) is 0 Å². The summed E-state index contributed by atoms with van der Waals surface area (Å²) >= 11 is 5.81. The van der Waals surface area contributed by atoms with Crippen molar-refractivity contribution in [3.8, 4) is 0 Å². The van der Waals surface area contributed by atoms with Gasteiger partial charge in [0, 0.05) is 30.4 Å². The second-order valence-electron chi connectivity index (χ2n) is 4.04. The van der Waals surface area contributed by atoms with E-state index in [0.717, 1.165) is 5.69 Å². The number of amides is 1. The van der Waals surface area contributed by atoms with E-state index in [9.17, 15) is 4.79 Å². The molecule has 0 radical (unpaired) electrons. The number of anilines is 1. The third-order valence-electron chi connectivity index (χ3n) is 2.60. The molecule has 2 rings (SSSR count). The SMILES string of the molecule is NNc1cc(C(=O)NCCc2ccccn2)cc(Cl)n1. The van der Waals surface area contributed by atoms with Gasteiger partial charge in [-0.2, -0.15) is 0 Å². The number of nitrogens with one attached hydrogen (secondary N) is 2. The normalized spacial score (nSPS) is 10.1. The summed E-state index contributed by atoms with van der Waals surface area (Å²) in [6.07, 6.45) is 2.38. The maximum Gasteiger partial charge on any atom is 0.251 e. The van der Waals surface area contributed by atoms with Gasteiger partial charge in [-0.15, -0.1) is 0 Å². The first-order chi connectivity index (χ1) is 9.69. The number of aromatic nitrogens is 2. The van der Waals surface area contributed by atoms with Crippen LogP contribution in [0.4, 0.5) is 5.82 Å². The minimum Gasteiger partial charge on any atom is -0.352 e. The van der Waals surface area contributed by atoms with Crippen LogP contribution >= 0.6 is 11.6 Å². The summed E-state index contributed by atoms with van der Waals surface area (Å²) in [4.78, 5) is 20.1. The van der Waals surface area contributed by atoms with Crippen molar-refractivity contribution in [3.05, 3.63) is 52.9 Å². The number of pyridine rings is 2. The Hall–Kier alpha value is -2.18.